The maximum Gasteiger partial charge on any atom is 0.236 e. The number of nitrogens with zero attached hydrogens (tertiary/aromatic N) is 5. The molecule has 0 amide bonds. The smallest absolute Gasteiger partial charge is 0.236 e. The van der Waals surface area contributed by atoms with Gasteiger partial charge in [-0.25, -0.2) is 18.4 Å². The number of anilines is 2. The zero-order valence-electron chi connectivity index (χ0n) is 18.8. The van der Waals surface area contributed by atoms with Crippen LogP contribution in [-0.2, 0) is 14.6 Å². The van der Waals surface area contributed by atoms with Crippen LogP contribution in [0.3, 0.4) is 0 Å². The van der Waals surface area contributed by atoms with Crippen LogP contribution in [0.5, 0.6) is 0 Å². The number of morpholine rings is 1. The van der Waals surface area contributed by atoms with E-state index in [9.17, 15) is 8.42 Å². The minimum Gasteiger partial charge on any atom is -0.378 e. The Kier molecular flexibility index (Phi) is 5.41. The van der Waals surface area contributed by atoms with Crippen molar-refractivity contribution in [1.82, 2.24) is 19.4 Å². The normalized spacial score (nSPS) is 15.8. The van der Waals surface area contributed by atoms with Crippen LogP contribution in [0.2, 0.25) is 0 Å². The number of nitrogens with one attached hydrogen (secondary N) is 1. The SMILES string of the molecule is Cc1c(C(C)Nc2nc3nccn3c3cnc(N4CCOCC4)cc23)cccc1S(C)(=O)=O. The molecule has 0 aliphatic carbocycles. The Hall–Kier alpha value is -3.24. The van der Waals surface area contributed by atoms with Gasteiger partial charge < -0.3 is 15.0 Å². The van der Waals surface area contributed by atoms with Gasteiger partial charge in [-0.1, -0.05) is 12.1 Å². The third-order valence-electron chi connectivity index (χ3n) is 6.10. The standard InChI is InChI=1S/C23H26N6O3S/c1-15-17(5-4-6-20(15)33(3,30)31)16(2)26-22-18-13-21(28-9-11-32-12-10-28)25-14-19(18)29-8-7-24-23(29)27-22/h4-8,13-14,16H,9-12H2,1-3H3,(H,24,26,27). The zero-order valence-corrected chi connectivity index (χ0v) is 19.6. The summed E-state index contributed by atoms with van der Waals surface area (Å²) < 4.78 is 31.8. The van der Waals surface area contributed by atoms with Crippen molar-refractivity contribution in [2.45, 2.75) is 24.8 Å². The molecule has 1 aliphatic rings. The van der Waals surface area contributed by atoms with Crippen molar-refractivity contribution in [2.75, 3.05) is 42.8 Å². The van der Waals surface area contributed by atoms with Gasteiger partial charge in [0.1, 0.15) is 11.6 Å². The van der Waals surface area contributed by atoms with Crippen molar-refractivity contribution >= 4 is 38.2 Å². The van der Waals surface area contributed by atoms with Gasteiger partial charge in [0.25, 0.3) is 0 Å². The first-order valence-corrected chi connectivity index (χ1v) is 12.7. The maximum atomic E-state index is 12.2. The summed E-state index contributed by atoms with van der Waals surface area (Å²) >= 11 is 0. The van der Waals surface area contributed by atoms with E-state index in [0.717, 1.165) is 40.9 Å². The van der Waals surface area contributed by atoms with Crippen molar-refractivity contribution < 1.29 is 13.2 Å². The van der Waals surface area contributed by atoms with E-state index in [2.05, 4.69) is 15.2 Å². The second-order valence-corrected chi connectivity index (χ2v) is 10.3. The maximum absolute atomic E-state index is 12.2. The Labute approximate surface area is 192 Å². The van der Waals surface area contributed by atoms with E-state index in [1.807, 2.05) is 42.8 Å². The van der Waals surface area contributed by atoms with Gasteiger partial charge in [0.15, 0.2) is 9.84 Å². The van der Waals surface area contributed by atoms with Gasteiger partial charge in [-0.3, -0.25) is 4.40 Å². The fourth-order valence-corrected chi connectivity index (χ4v) is 5.41. The lowest BCUT2D eigenvalue weighted by Crippen LogP contribution is -2.36. The minimum absolute atomic E-state index is 0.181. The van der Waals surface area contributed by atoms with Crippen LogP contribution in [0, 0.1) is 6.92 Å². The Bertz CT molecular complexity index is 1440. The van der Waals surface area contributed by atoms with Crippen LogP contribution in [0.1, 0.15) is 24.1 Å². The van der Waals surface area contributed by atoms with Gasteiger partial charge in [0.2, 0.25) is 5.78 Å². The van der Waals surface area contributed by atoms with Crippen molar-refractivity contribution in [3.05, 3.63) is 54.0 Å². The second-order valence-electron chi connectivity index (χ2n) is 8.33. The van der Waals surface area contributed by atoms with Crippen LogP contribution < -0.4 is 10.2 Å². The predicted octanol–water partition coefficient (Wildman–Crippen LogP) is 3.00. The molecule has 3 aromatic heterocycles. The average Bonchev–Trinajstić information content (AvgIpc) is 3.27. The summed E-state index contributed by atoms with van der Waals surface area (Å²) in [6.45, 7) is 6.77. The highest BCUT2D eigenvalue weighted by Crippen LogP contribution is 2.31. The molecule has 1 unspecified atom stereocenters. The van der Waals surface area contributed by atoms with Crippen LogP contribution in [0.25, 0.3) is 16.7 Å². The van der Waals surface area contributed by atoms with E-state index in [-0.39, 0.29) is 6.04 Å². The quantitative estimate of drug-likeness (QED) is 0.479. The molecule has 0 bridgehead atoms. The van der Waals surface area contributed by atoms with E-state index in [0.29, 0.717) is 29.7 Å². The molecule has 0 saturated carbocycles. The largest absolute Gasteiger partial charge is 0.378 e. The van der Waals surface area contributed by atoms with Crippen LogP contribution in [0.15, 0.2) is 47.8 Å². The minimum atomic E-state index is -3.32. The number of pyridine rings is 1. The molecule has 9 nitrogen and oxygen atoms in total. The van der Waals surface area contributed by atoms with Crippen LogP contribution >= 0.6 is 0 Å². The van der Waals surface area contributed by atoms with Crippen molar-refractivity contribution in [2.24, 2.45) is 0 Å². The van der Waals surface area contributed by atoms with Crippen molar-refractivity contribution in [1.29, 1.82) is 0 Å². The molecule has 4 aromatic rings. The first kappa shape index (κ1) is 21.6. The summed E-state index contributed by atoms with van der Waals surface area (Å²) in [5, 5.41) is 4.42. The van der Waals surface area contributed by atoms with Gasteiger partial charge in [0.05, 0.1) is 35.9 Å². The second kappa shape index (κ2) is 8.27. The Balaban J connectivity index is 1.59. The van der Waals surface area contributed by atoms with E-state index in [1.165, 1.54) is 6.26 Å². The lowest BCUT2D eigenvalue weighted by molar-refractivity contribution is 0.122. The Morgan fingerprint density at radius 2 is 1.97 bits per heavy atom. The monoisotopic (exact) mass is 466 g/mol. The van der Waals surface area contributed by atoms with Crippen LogP contribution in [-0.4, -0.2) is 60.3 Å². The molecule has 1 saturated heterocycles. The first-order chi connectivity index (χ1) is 15.8. The molecule has 172 valence electrons. The van der Waals surface area contributed by atoms with Crippen LogP contribution in [0.4, 0.5) is 11.6 Å². The van der Waals surface area contributed by atoms with E-state index in [1.54, 1.807) is 18.3 Å². The fraction of sp³-hybridized carbons (Fsp3) is 0.348. The zero-order chi connectivity index (χ0) is 23.2. The number of rotatable bonds is 5. The molecule has 1 aromatic carbocycles. The highest BCUT2D eigenvalue weighted by Gasteiger charge is 2.20. The summed E-state index contributed by atoms with van der Waals surface area (Å²) in [4.78, 5) is 16.4. The number of aromatic nitrogens is 4. The summed E-state index contributed by atoms with van der Waals surface area (Å²) in [7, 11) is -3.32. The molecule has 0 spiro atoms. The van der Waals surface area contributed by atoms with Crippen molar-refractivity contribution in [3.63, 3.8) is 0 Å². The molecule has 1 fully saturated rings. The molecule has 4 heterocycles. The van der Waals surface area contributed by atoms with E-state index < -0.39 is 9.84 Å². The Morgan fingerprint density at radius 1 is 1.18 bits per heavy atom. The molecule has 1 N–H and O–H groups in total. The highest BCUT2D eigenvalue weighted by molar-refractivity contribution is 7.90. The first-order valence-electron chi connectivity index (χ1n) is 10.8. The third kappa shape index (κ3) is 4.00. The van der Waals surface area contributed by atoms with Gasteiger partial charge in [-0.2, -0.15) is 4.98 Å². The van der Waals surface area contributed by atoms with Gasteiger partial charge >= 0.3 is 0 Å². The molecular formula is C23H26N6O3S. The molecule has 1 aliphatic heterocycles. The van der Waals surface area contributed by atoms with Crippen molar-refractivity contribution in [3.8, 4) is 0 Å². The summed E-state index contributed by atoms with van der Waals surface area (Å²) in [6.07, 6.45) is 6.67. The number of hydrogen-bond donors (Lipinski definition) is 1. The molecular weight excluding hydrogens is 440 g/mol. The lowest BCUT2D eigenvalue weighted by atomic mass is 10.0. The number of benzene rings is 1. The van der Waals surface area contributed by atoms with Gasteiger partial charge in [-0.05, 0) is 37.1 Å². The third-order valence-corrected chi connectivity index (χ3v) is 7.34. The molecule has 0 radical (unpaired) electrons. The topological polar surface area (TPSA) is 102 Å². The van der Waals surface area contributed by atoms with E-state index in [4.69, 9.17) is 14.7 Å². The highest BCUT2D eigenvalue weighted by atomic mass is 32.2. The lowest BCUT2D eigenvalue weighted by Gasteiger charge is -2.28. The van der Waals surface area contributed by atoms with Gasteiger partial charge in [0, 0.05) is 37.1 Å². The molecule has 33 heavy (non-hydrogen) atoms. The van der Waals surface area contributed by atoms with E-state index >= 15 is 0 Å². The molecule has 10 heteroatoms. The molecule has 1 atom stereocenters. The number of hydrogen-bond acceptors (Lipinski definition) is 8. The van der Waals surface area contributed by atoms with Gasteiger partial charge in [-0.15, -0.1) is 0 Å². The number of sulfone groups is 1. The number of imidazole rings is 1. The molecule has 5 rings (SSSR count). The number of fused-ring (bicyclic) bond motifs is 3. The Morgan fingerprint density at radius 3 is 2.73 bits per heavy atom. The summed E-state index contributed by atoms with van der Waals surface area (Å²) in [5.41, 5.74) is 2.53. The average molecular weight is 467 g/mol. The summed E-state index contributed by atoms with van der Waals surface area (Å²) in [6, 6.07) is 7.23. The number of ether oxygens (including phenoxy) is 1. The predicted molar refractivity (Wildman–Crippen MR) is 128 cm³/mol. The summed E-state index contributed by atoms with van der Waals surface area (Å²) in [5.74, 6) is 2.12. The fourth-order valence-electron chi connectivity index (χ4n) is 4.41.